The van der Waals surface area contributed by atoms with E-state index in [1.165, 1.54) is 12.7 Å². The Morgan fingerprint density at radius 3 is 2.41 bits per heavy atom. The standard InChI is InChI=1S/C35H37BrN2O5S/c1-22(39)25-8-5-7-24(17-25)21-44-33-37-35(32(41)38(33)20-23-6-4-9-26(16-23)31(40)43-3)30-18-28(36)11-10-27(30)19-34(35)14-12-29(42-2)13-15-34/h4-11,16-18,29,33,37H,12-15,19-21H2,1-3H3. The molecule has 2 aliphatic carbocycles. The zero-order chi connectivity index (χ0) is 31.1. The lowest BCUT2D eigenvalue weighted by Crippen LogP contribution is -2.57. The van der Waals surface area contributed by atoms with Crippen LogP contribution >= 0.6 is 27.7 Å². The van der Waals surface area contributed by atoms with Crippen LogP contribution in [0.25, 0.3) is 0 Å². The molecule has 44 heavy (non-hydrogen) atoms. The predicted molar refractivity (Wildman–Crippen MR) is 174 cm³/mol. The third kappa shape index (κ3) is 5.42. The molecule has 2 spiro atoms. The monoisotopic (exact) mass is 676 g/mol. The lowest BCUT2D eigenvalue weighted by Gasteiger charge is -2.47. The number of nitrogens with zero attached hydrogens (tertiary/aromatic N) is 1. The number of carbonyl (C=O) groups excluding carboxylic acids is 3. The van der Waals surface area contributed by atoms with E-state index in [2.05, 4.69) is 39.4 Å². The van der Waals surface area contributed by atoms with Crippen LogP contribution in [0.1, 0.15) is 75.6 Å². The average molecular weight is 678 g/mol. The molecular weight excluding hydrogens is 640 g/mol. The molecule has 1 N–H and O–H groups in total. The molecule has 0 aromatic heterocycles. The van der Waals surface area contributed by atoms with E-state index in [1.807, 2.05) is 41.3 Å². The molecule has 0 radical (unpaired) electrons. The summed E-state index contributed by atoms with van der Waals surface area (Å²) in [7, 11) is 3.14. The fraction of sp³-hybridized carbons (Fsp3) is 0.400. The molecule has 0 bridgehead atoms. The highest BCUT2D eigenvalue weighted by Crippen LogP contribution is 2.61. The fourth-order valence-electron chi connectivity index (χ4n) is 7.44. The Bertz CT molecular complexity index is 1600. The Balaban J connectivity index is 1.41. The summed E-state index contributed by atoms with van der Waals surface area (Å²) in [6.45, 7) is 1.91. The Hall–Kier alpha value is -2.98. The van der Waals surface area contributed by atoms with E-state index >= 15 is 4.79 Å². The summed E-state index contributed by atoms with van der Waals surface area (Å²) in [4.78, 5) is 41.5. The second-order valence-electron chi connectivity index (χ2n) is 12.1. The summed E-state index contributed by atoms with van der Waals surface area (Å²) in [5.74, 6) is 0.293. The number of esters is 1. The van der Waals surface area contributed by atoms with E-state index in [4.69, 9.17) is 9.47 Å². The van der Waals surface area contributed by atoms with Gasteiger partial charge in [-0.1, -0.05) is 52.3 Å². The molecule has 1 saturated carbocycles. The van der Waals surface area contributed by atoms with Gasteiger partial charge in [0.15, 0.2) is 5.78 Å². The minimum atomic E-state index is -0.899. The van der Waals surface area contributed by atoms with E-state index in [1.54, 1.807) is 37.9 Å². The maximum Gasteiger partial charge on any atom is 0.337 e. The normalized spacial score (nSPS) is 25.9. The van der Waals surface area contributed by atoms with Gasteiger partial charge in [-0.15, -0.1) is 11.8 Å². The number of halogens is 1. The number of hydrogen-bond donors (Lipinski definition) is 1. The summed E-state index contributed by atoms with van der Waals surface area (Å²) in [6, 6.07) is 21.3. The van der Waals surface area contributed by atoms with E-state index in [0.29, 0.717) is 23.4 Å². The molecule has 6 rings (SSSR count). The number of ketones is 1. The Kier molecular flexibility index (Phi) is 8.76. The SMILES string of the molecule is COC(=O)c1cccc(CN2C(=O)C3(NC2SCc2cccc(C(C)=O)c2)c2cc(Br)ccc2CC32CCC(OC)CC2)c1. The number of methoxy groups -OCH3 is 2. The van der Waals surface area contributed by atoms with Gasteiger partial charge in [0.1, 0.15) is 11.0 Å². The van der Waals surface area contributed by atoms with Crippen molar-refractivity contribution in [3.8, 4) is 0 Å². The van der Waals surface area contributed by atoms with Gasteiger partial charge in [0.25, 0.3) is 0 Å². The Labute approximate surface area is 271 Å². The highest BCUT2D eigenvalue weighted by Gasteiger charge is 2.67. The highest BCUT2D eigenvalue weighted by molar-refractivity contribution is 9.10. The number of Topliss-reactive ketones (excluding diaryl/α,β-unsaturated/α-hetero) is 1. The van der Waals surface area contributed by atoms with Crippen molar-refractivity contribution in [2.75, 3.05) is 14.2 Å². The topological polar surface area (TPSA) is 84.9 Å². The molecule has 1 amide bonds. The summed E-state index contributed by atoms with van der Waals surface area (Å²) < 4.78 is 11.7. The van der Waals surface area contributed by atoms with Crippen molar-refractivity contribution in [1.82, 2.24) is 10.2 Å². The molecule has 2 unspecified atom stereocenters. The molecule has 2 fully saturated rings. The third-order valence-corrected chi connectivity index (χ3v) is 11.4. The van der Waals surface area contributed by atoms with Gasteiger partial charge in [-0.2, -0.15) is 0 Å². The van der Waals surface area contributed by atoms with Crippen molar-refractivity contribution in [3.63, 3.8) is 0 Å². The first kappa shape index (κ1) is 31.0. The highest BCUT2D eigenvalue weighted by atomic mass is 79.9. The van der Waals surface area contributed by atoms with Gasteiger partial charge in [-0.3, -0.25) is 14.9 Å². The molecule has 230 valence electrons. The molecule has 3 aromatic carbocycles. The molecule has 9 heteroatoms. The average Bonchev–Trinajstić information content (AvgIpc) is 3.46. The van der Waals surface area contributed by atoms with Gasteiger partial charge in [0.05, 0.1) is 18.8 Å². The number of amides is 1. The van der Waals surface area contributed by atoms with Crippen LogP contribution in [0.15, 0.2) is 71.2 Å². The van der Waals surface area contributed by atoms with Crippen LogP contribution in [0.5, 0.6) is 0 Å². The van der Waals surface area contributed by atoms with Crippen LogP contribution in [0.3, 0.4) is 0 Å². The van der Waals surface area contributed by atoms with Crippen molar-refractivity contribution in [1.29, 1.82) is 0 Å². The lowest BCUT2D eigenvalue weighted by molar-refractivity contribution is -0.139. The van der Waals surface area contributed by atoms with Gasteiger partial charge >= 0.3 is 5.97 Å². The van der Waals surface area contributed by atoms with Crippen LogP contribution in [0.4, 0.5) is 0 Å². The molecule has 7 nitrogen and oxygen atoms in total. The van der Waals surface area contributed by atoms with Gasteiger partial charge in [-0.05, 0) is 91.6 Å². The first-order chi connectivity index (χ1) is 21.2. The number of nitrogens with one attached hydrogen (secondary N) is 1. The van der Waals surface area contributed by atoms with Gasteiger partial charge in [-0.25, -0.2) is 4.79 Å². The number of benzene rings is 3. The molecule has 2 atom stereocenters. The zero-order valence-electron chi connectivity index (χ0n) is 25.2. The first-order valence-corrected chi connectivity index (χ1v) is 16.8. The smallest absolute Gasteiger partial charge is 0.337 e. The van der Waals surface area contributed by atoms with Gasteiger partial charge in [0.2, 0.25) is 5.91 Å². The molecule has 1 heterocycles. The number of rotatable bonds is 8. The van der Waals surface area contributed by atoms with Crippen LogP contribution < -0.4 is 5.32 Å². The lowest BCUT2D eigenvalue weighted by atomic mass is 9.61. The first-order valence-electron chi connectivity index (χ1n) is 15.0. The summed E-state index contributed by atoms with van der Waals surface area (Å²) in [5, 5.41) is 3.94. The quantitative estimate of drug-likeness (QED) is 0.212. The largest absolute Gasteiger partial charge is 0.465 e. The minimum absolute atomic E-state index is 0.0267. The maximum atomic E-state index is 15.1. The summed E-state index contributed by atoms with van der Waals surface area (Å²) in [5.41, 5.74) is 3.72. The zero-order valence-corrected chi connectivity index (χ0v) is 27.6. The number of hydrogen-bond acceptors (Lipinski definition) is 7. The molecule has 3 aromatic rings. The maximum absolute atomic E-state index is 15.1. The van der Waals surface area contributed by atoms with Gasteiger partial charge in [0, 0.05) is 34.9 Å². The van der Waals surface area contributed by atoms with Crippen LogP contribution in [-0.4, -0.2) is 48.4 Å². The van der Waals surface area contributed by atoms with E-state index in [9.17, 15) is 9.59 Å². The van der Waals surface area contributed by atoms with Gasteiger partial charge < -0.3 is 14.4 Å². The van der Waals surface area contributed by atoms with E-state index < -0.39 is 11.5 Å². The molecule has 1 aliphatic heterocycles. The second kappa shape index (κ2) is 12.4. The number of carbonyl (C=O) groups is 3. The number of thioether (sulfide) groups is 1. The van der Waals surface area contributed by atoms with Crippen molar-refractivity contribution < 1.29 is 23.9 Å². The molecule has 3 aliphatic rings. The molecule has 1 saturated heterocycles. The minimum Gasteiger partial charge on any atom is -0.465 e. The molecular formula is C35H37BrN2O5S. The second-order valence-corrected chi connectivity index (χ2v) is 14.1. The number of ether oxygens (including phenoxy) is 2. The van der Waals surface area contributed by atoms with Crippen LogP contribution in [-0.2, 0) is 38.5 Å². The van der Waals surface area contributed by atoms with E-state index in [-0.39, 0.29) is 28.7 Å². The summed E-state index contributed by atoms with van der Waals surface area (Å²) in [6.07, 6.45) is 4.58. The Morgan fingerprint density at radius 2 is 1.70 bits per heavy atom. The number of fused-ring (bicyclic) bond motifs is 3. The third-order valence-electron chi connectivity index (χ3n) is 9.67. The van der Waals surface area contributed by atoms with Crippen molar-refractivity contribution in [2.45, 2.75) is 68.5 Å². The van der Waals surface area contributed by atoms with Crippen molar-refractivity contribution in [3.05, 3.63) is 105 Å². The van der Waals surface area contributed by atoms with E-state index in [0.717, 1.165) is 53.3 Å². The van der Waals surface area contributed by atoms with Crippen molar-refractivity contribution >= 4 is 45.4 Å². The van der Waals surface area contributed by atoms with Crippen molar-refractivity contribution in [2.24, 2.45) is 5.41 Å². The van der Waals surface area contributed by atoms with Crippen LogP contribution in [0.2, 0.25) is 0 Å². The Morgan fingerprint density at radius 1 is 1.00 bits per heavy atom. The fourth-order valence-corrected chi connectivity index (χ4v) is 8.94. The predicted octanol–water partition coefficient (Wildman–Crippen LogP) is 6.61. The summed E-state index contributed by atoms with van der Waals surface area (Å²) >= 11 is 5.34. The van der Waals surface area contributed by atoms with Crippen LogP contribution in [0, 0.1) is 5.41 Å².